The summed E-state index contributed by atoms with van der Waals surface area (Å²) in [5.41, 5.74) is 7.64. The van der Waals surface area contributed by atoms with Gasteiger partial charge in [0.1, 0.15) is 0 Å². The number of hydrogen-bond donors (Lipinski definition) is 2. The molecule has 2 aliphatic rings. The van der Waals surface area contributed by atoms with Gasteiger partial charge in [0, 0.05) is 16.7 Å². The van der Waals surface area contributed by atoms with Gasteiger partial charge < -0.3 is 15.8 Å². The summed E-state index contributed by atoms with van der Waals surface area (Å²) >= 11 is 0. The van der Waals surface area contributed by atoms with Crippen molar-refractivity contribution >= 4 is 29.1 Å². The highest BCUT2D eigenvalue weighted by Crippen LogP contribution is 2.41. The molecule has 1 unspecified atom stereocenters. The fraction of sp³-hybridized carbons (Fsp3) is 0.185. The summed E-state index contributed by atoms with van der Waals surface area (Å²) in [4.78, 5) is 51.0. The Morgan fingerprint density at radius 2 is 1.53 bits per heavy atom. The van der Waals surface area contributed by atoms with Crippen molar-refractivity contribution in [3.05, 3.63) is 100 Å². The van der Waals surface area contributed by atoms with Gasteiger partial charge in [-0.05, 0) is 36.5 Å². The summed E-state index contributed by atoms with van der Waals surface area (Å²) in [6, 6.07) is 18.8. The summed E-state index contributed by atoms with van der Waals surface area (Å²) in [6.45, 7) is -0.485. The van der Waals surface area contributed by atoms with E-state index in [1.807, 2.05) is 30.3 Å². The Labute approximate surface area is 195 Å². The topological polar surface area (TPSA) is 116 Å². The number of carbonyl (C=O) groups is 4. The maximum absolute atomic E-state index is 13.0. The average molecular weight is 454 g/mol. The third kappa shape index (κ3) is 3.85. The Morgan fingerprint density at radius 3 is 2.21 bits per heavy atom. The van der Waals surface area contributed by atoms with E-state index in [1.54, 1.807) is 24.3 Å². The smallest absolute Gasteiger partial charge is 0.340 e. The third-order valence-corrected chi connectivity index (χ3v) is 6.26. The maximum Gasteiger partial charge on any atom is 0.340 e. The van der Waals surface area contributed by atoms with Crippen molar-refractivity contribution in [3.8, 4) is 0 Å². The second-order valence-electron chi connectivity index (χ2n) is 8.52. The van der Waals surface area contributed by atoms with Crippen LogP contribution in [0.25, 0.3) is 0 Å². The Balaban J connectivity index is 1.31. The maximum atomic E-state index is 13.0. The lowest BCUT2D eigenvalue weighted by atomic mass is 9.82. The molecule has 0 saturated heterocycles. The predicted molar refractivity (Wildman–Crippen MR) is 124 cm³/mol. The van der Waals surface area contributed by atoms with Gasteiger partial charge in [-0.2, -0.15) is 0 Å². The SMILES string of the molecule is Nc1c(C(=O)OCC(=O)NC(c2ccccc2)C2CC2)ccc2c1C(=O)c1ccccc1C2=O. The normalized spacial score (nSPS) is 15.2. The van der Waals surface area contributed by atoms with Crippen LogP contribution in [0.2, 0.25) is 0 Å². The van der Waals surface area contributed by atoms with Crippen LogP contribution in [0.1, 0.15) is 66.6 Å². The third-order valence-electron chi connectivity index (χ3n) is 6.26. The number of ether oxygens (including phenoxy) is 1. The molecule has 34 heavy (non-hydrogen) atoms. The van der Waals surface area contributed by atoms with Crippen LogP contribution in [0.4, 0.5) is 5.69 Å². The number of anilines is 1. The summed E-state index contributed by atoms with van der Waals surface area (Å²) < 4.78 is 5.20. The second kappa shape index (κ2) is 8.59. The number of ketones is 2. The molecule has 0 bridgehead atoms. The highest BCUT2D eigenvalue weighted by molar-refractivity contribution is 6.30. The number of benzene rings is 3. The first-order chi connectivity index (χ1) is 16.5. The van der Waals surface area contributed by atoms with Gasteiger partial charge in [-0.15, -0.1) is 0 Å². The number of amides is 1. The van der Waals surface area contributed by atoms with Gasteiger partial charge in [0.05, 0.1) is 22.9 Å². The Kier molecular flexibility index (Phi) is 5.45. The van der Waals surface area contributed by atoms with Crippen molar-refractivity contribution in [1.29, 1.82) is 0 Å². The van der Waals surface area contributed by atoms with E-state index in [1.165, 1.54) is 12.1 Å². The number of carbonyl (C=O) groups excluding carboxylic acids is 4. The van der Waals surface area contributed by atoms with E-state index in [4.69, 9.17) is 10.5 Å². The lowest BCUT2D eigenvalue weighted by Crippen LogP contribution is -2.33. The zero-order chi connectivity index (χ0) is 23.8. The van der Waals surface area contributed by atoms with Gasteiger partial charge in [-0.1, -0.05) is 54.6 Å². The molecule has 0 spiro atoms. The highest BCUT2D eigenvalue weighted by Gasteiger charge is 2.34. The van der Waals surface area contributed by atoms with Gasteiger partial charge in [-0.25, -0.2) is 4.79 Å². The molecule has 170 valence electrons. The lowest BCUT2D eigenvalue weighted by molar-refractivity contribution is -0.125. The van der Waals surface area contributed by atoms with E-state index in [9.17, 15) is 19.2 Å². The molecule has 5 rings (SSSR count). The standard InChI is InChI=1S/C27H22N2O5/c28-23-20(13-12-19-22(23)26(32)18-9-5-4-8-17(18)25(19)31)27(33)34-14-21(30)29-24(16-10-11-16)15-6-2-1-3-7-15/h1-9,12-13,16,24H,10-11,14,28H2,(H,29,30). The Bertz CT molecular complexity index is 1330. The fourth-order valence-corrected chi connectivity index (χ4v) is 4.38. The van der Waals surface area contributed by atoms with E-state index in [0.717, 1.165) is 18.4 Å². The molecule has 3 N–H and O–H groups in total. The molecule has 0 radical (unpaired) electrons. The molecule has 2 aliphatic carbocycles. The van der Waals surface area contributed by atoms with E-state index in [-0.39, 0.29) is 39.8 Å². The molecule has 1 atom stereocenters. The van der Waals surface area contributed by atoms with Crippen molar-refractivity contribution < 1.29 is 23.9 Å². The van der Waals surface area contributed by atoms with Crippen molar-refractivity contribution in [2.45, 2.75) is 18.9 Å². The van der Waals surface area contributed by atoms with E-state index in [2.05, 4.69) is 5.32 Å². The number of nitrogens with two attached hydrogens (primary N) is 1. The van der Waals surface area contributed by atoms with Crippen LogP contribution in [-0.2, 0) is 9.53 Å². The number of hydrogen-bond acceptors (Lipinski definition) is 6. The van der Waals surface area contributed by atoms with Crippen molar-refractivity contribution in [3.63, 3.8) is 0 Å². The summed E-state index contributed by atoms with van der Waals surface area (Å²) in [7, 11) is 0. The molecular weight excluding hydrogens is 432 g/mol. The van der Waals surface area contributed by atoms with Crippen molar-refractivity contribution in [2.75, 3.05) is 12.3 Å². The number of nitrogen functional groups attached to an aromatic ring is 1. The number of fused-ring (bicyclic) bond motifs is 2. The summed E-state index contributed by atoms with van der Waals surface area (Å²) in [5, 5.41) is 2.94. The van der Waals surface area contributed by atoms with E-state index < -0.39 is 24.3 Å². The molecular formula is C27H22N2O5. The lowest BCUT2D eigenvalue weighted by Gasteiger charge is -2.20. The molecule has 7 nitrogen and oxygen atoms in total. The van der Waals surface area contributed by atoms with Gasteiger partial charge >= 0.3 is 5.97 Å². The molecule has 1 amide bonds. The molecule has 0 aliphatic heterocycles. The first kappa shape index (κ1) is 21.6. The minimum absolute atomic E-state index is 0.0134. The monoisotopic (exact) mass is 454 g/mol. The van der Waals surface area contributed by atoms with Gasteiger partial charge in [0.15, 0.2) is 18.2 Å². The van der Waals surface area contributed by atoms with Crippen LogP contribution in [0.3, 0.4) is 0 Å². The predicted octanol–water partition coefficient (Wildman–Crippen LogP) is 3.47. The summed E-state index contributed by atoms with van der Waals surface area (Å²) in [6.07, 6.45) is 2.06. The molecule has 1 saturated carbocycles. The van der Waals surface area contributed by atoms with Gasteiger partial charge in [-0.3, -0.25) is 14.4 Å². The van der Waals surface area contributed by atoms with Crippen molar-refractivity contribution in [1.82, 2.24) is 5.32 Å². The van der Waals surface area contributed by atoms with Crippen LogP contribution in [0.5, 0.6) is 0 Å². The molecule has 3 aromatic rings. The molecule has 3 aromatic carbocycles. The van der Waals surface area contributed by atoms with Crippen LogP contribution < -0.4 is 11.1 Å². The Hall–Kier alpha value is -4.26. The van der Waals surface area contributed by atoms with Crippen LogP contribution in [0.15, 0.2) is 66.7 Å². The van der Waals surface area contributed by atoms with Crippen LogP contribution in [0, 0.1) is 5.92 Å². The first-order valence-corrected chi connectivity index (χ1v) is 11.1. The largest absolute Gasteiger partial charge is 0.452 e. The molecule has 0 aromatic heterocycles. The second-order valence-corrected chi connectivity index (χ2v) is 8.52. The quantitative estimate of drug-likeness (QED) is 0.341. The van der Waals surface area contributed by atoms with Gasteiger partial charge in [0.2, 0.25) is 0 Å². The van der Waals surface area contributed by atoms with Crippen LogP contribution >= 0.6 is 0 Å². The average Bonchev–Trinajstić information content (AvgIpc) is 3.70. The first-order valence-electron chi connectivity index (χ1n) is 11.1. The zero-order valence-electron chi connectivity index (χ0n) is 18.2. The Morgan fingerprint density at radius 1 is 0.882 bits per heavy atom. The summed E-state index contributed by atoms with van der Waals surface area (Å²) in [5.74, 6) is -1.65. The molecule has 7 heteroatoms. The highest BCUT2D eigenvalue weighted by atomic mass is 16.5. The van der Waals surface area contributed by atoms with Crippen LogP contribution in [-0.4, -0.2) is 30.0 Å². The zero-order valence-corrected chi connectivity index (χ0v) is 18.2. The number of rotatable bonds is 6. The minimum atomic E-state index is -0.836. The van der Waals surface area contributed by atoms with E-state index in [0.29, 0.717) is 11.5 Å². The minimum Gasteiger partial charge on any atom is -0.452 e. The fourth-order valence-electron chi connectivity index (χ4n) is 4.38. The van der Waals surface area contributed by atoms with Gasteiger partial charge in [0.25, 0.3) is 5.91 Å². The molecule has 1 fully saturated rings. The van der Waals surface area contributed by atoms with E-state index >= 15 is 0 Å². The number of esters is 1. The number of nitrogens with one attached hydrogen (secondary N) is 1. The molecule has 0 heterocycles. The van der Waals surface area contributed by atoms with Crippen molar-refractivity contribution in [2.24, 2.45) is 5.92 Å².